The highest BCUT2D eigenvalue weighted by atomic mass is 32.2. The van der Waals surface area contributed by atoms with Gasteiger partial charge in [0.1, 0.15) is 28.6 Å². The minimum atomic E-state index is -1.26. The third-order valence-electron chi connectivity index (χ3n) is 4.26. The summed E-state index contributed by atoms with van der Waals surface area (Å²) < 4.78 is 34.9. The fourth-order valence-corrected chi connectivity index (χ4v) is 3.48. The summed E-state index contributed by atoms with van der Waals surface area (Å²) in [5.74, 6) is 0.226. The molecular weight excluding hydrogens is 375 g/mol. The Kier molecular flexibility index (Phi) is 6.23. The Morgan fingerprint density at radius 2 is 1.86 bits per heavy atom. The fraction of sp³-hybridized carbons (Fsp3) is 0.318. The van der Waals surface area contributed by atoms with Crippen molar-refractivity contribution in [1.82, 2.24) is 9.71 Å². The molecule has 0 fully saturated rings. The van der Waals surface area contributed by atoms with Crippen molar-refractivity contribution in [3.05, 3.63) is 71.7 Å². The van der Waals surface area contributed by atoms with Gasteiger partial charge in [0.05, 0.1) is 11.6 Å². The van der Waals surface area contributed by atoms with Crippen molar-refractivity contribution in [3.63, 3.8) is 0 Å². The summed E-state index contributed by atoms with van der Waals surface area (Å²) in [6.07, 6.45) is 0. The normalized spacial score (nSPS) is 14.1. The molecule has 0 saturated carbocycles. The van der Waals surface area contributed by atoms with E-state index in [9.17, 15) is 8.94 Å². The standard InChI is InChI=1S/C22H25FN2O2S/c1-15(25-28(26)22(2,3)4)21-20(27-14-16-8-6-5-7-9-16)13-17-12-18(23)10-11-19(17)24-21/h5-13,15,25H,14H2,1-4H3. The van der Waals surface area contributed by atoms with Gasteiger partial charge in [-0.2, -0.15) is 0 Å². The van der Waals surface area contributed by atoms with Gasteiger partial charge in [0.2, 0.25) is 0 Å². The number of fused-ring (bicyclic) bond motifs is 1. The molecule has 0 radical (unpaired) electrons. The fourth-order valence-electron chi connectivity index (χ4n) is 2.70. The Balaban J connectivity index is 1.94. The molecule has 0 aliphatic rings. The van der Waals surface area contributed by atoms with Gasteiger partial charge >= 0.3 is 0 Å². The van der Waals surface area contributed by atoms with Crippen LogP contribution in [0.4, 0.5) is 4.39 Å². The number of benzene rings is 2. The summed E-state index contributed by atoms with van der Waals surface area (Å²) in [6.45, 7) is 7.99. The zero-order valence-electron chi connectivity index (χ0n) is 16.5. The van der Waals surface area contributed by atoms with E-state index in [-0.39, 0.29) is 11.9 Å². The van der Waals surface area contributed by atoms with Gasteiger partial charge in [-0.3, -0.25) is 0 Å². The van der Waals surface area contributed by atoms with Crippen molar-refractivity contribution in [2.45, 2.75) is 45.1 Å². The van der Waals surface area contributed by atoms with Crippen LogP contribution < -0.4 is 9.46 Å². The lowest BCUT2D eigenvalue weighted by atomic mass is 10.1. The Labute approximate surface area is 168 Å². The zero-order chi connectivity index (χ0) is 20.3. The molecule has 0 amide bonds. The van der Waals surface area contributed by atoms with Gasteiger partial charge < -0.3 is 9.29 Å². The number of hydrogen-bond donors (Lipinski definition) is 1. The summed E-state index contributed by atoms with van der Waals surface area (Å²) in [4.78, 5) is 4.67. The van der Waals surface area contributed by atoms with Gasteiger partial charge in [-0.1, -0.05) is 30.3 Å². The summed E-state index contributed by atoms with van der Waals surface area (Å²) in [5, 5.41) is 0.663. The van der Waals surface area contributed by atoms with Crippen LogP contribution in [0.25, 0.3) is 10.9 Å². The molecular formula is C22H25FN2O2S. The van der Waals surface area contributed by atoms with E-state index in [1.165, 1.54) is 12.1 Å². The first-order valence-electron chi connectivity index (χ1n) is 9.19. The molecule has 2 unspecified atom stereocenters. The van der Waals surface area contributed by atoms with Gasteiger partial charge in [-0.05, 0) is 57.5 Å². The second kappa shape index (κ2) is 8.47. The second-order valence-corrected chi connectivity index (χ2v) is 9.70. The van der Waals surface area contributed by atoms with Crippen molar-refractivity contribution < 1.29 is 13.7 Å². The number of rotatable bonds is 6. The SMILES string of the molecule is CC(N[S+]([O-])C(C)(C)C)c1nc2ccc(F)cc2cc1OCc1ccccc1. The Bertz CT molecular complexity index is 944. The third-order valence-corrected chi connectivity index (χ3v) is 5.94. The van der Waals surface area contributed by atoms with Crippen LogP contribution in [0.2, 0.25) is 0 Å². The van der Waals surface area contributed by atoms with Crippen LogP contribution in [0.5, 0.6) is 5.75 Å². The van der Waals surface area contributed by atoms with E-state index in [0.717, 1.165) is 5.56 Å². The first kappa shape index (κ1) is 20.6. The Morgan fingerprint density at radius 3 is 2.54 bits per heavy atom. The maximum atomic E-state index is 13.7. The minimum Gasteiger partial charge on any atom is -0.598 e. The lowest BCUT2D eigenvalue weighted by Gasteiger charge is -2.27. The number of ether oxygens (including phenoxy) is 1. The summed E-state index contributed by atoms with van der Waals surface area (Å²) in [5.41, 5.74) is 2.33. The van der Waals surface area contributed by atoms with Crippen LogP contribution in [-0.4, -0.2) is 14.3 Å². The monoisotopic (exact) mass is 400 g/mol. The van der Waals surface area contributed by atoms with Crippen LogP contribution in [0.15, 0.2) is 54.6 Å². The molecule has 148 valence electrons. The molecule has 3 aromatic rings. The molecule has 6 heteroatoms. The van der Waals surface area contributed by atoms with E-state index in [4.69, 9.17) is 4.74 Å². The number of nitrogens with zero attached hydrogens (tertiary/aromatic N) is 1. The molecule has 2 atom stereocenters. The topological polar surface area (TPSA) is 57.2 Å². The molecule has 0 bridgehead atoms. The van der Waals surface area contributed by atoms with Crippen molar-refractivity contribution in [1.29, 1.82) is 0 Å². The molecule has 1 N–H and O–H groups in total. The lowest BCUT2D eigenvalue weighted by Crippen LogP contribution is -2.40. The number of hydrogen-bond acceptors (Lipinski definition) is 4. The highest BCUT2D eigenvalue weighted by molar-refractivity contribution is 7.90. The molecule has 0 aliphatic carbocycles. The molecule has 3 rings (SSSR count). The second-order valence-electron chi connectivity index (χ2n) is 7.70. The minimum absolute atomic E-state index is 0.305. The average molecular weight is 401 g/mol. The molecule has 4 nitrogen and oxygen atoms in total. The third kappa shape index (κ3) is 5.01. The number of pyridine rings is 1. The largest absolute Gasteiger partial charge is 0.598 e. The summed E-state index contributed by atoms with van der Waals surface area (Å²) in [6, 6.07) is 15.7. The Hall–Kier alpha value is -2.15. The number of halogens is 1. The molecule has 1 heterocycles. The van der Waals surface area contributed by atoms with Gasteiger partial charge in [-0.15, -0.1) is 4.72 Å². The first-order chi connectivity index (χ1) is 13.2. The van der Waals surface area contributed by atoms with Crippen molar-refractivity contribution in [2.75, 3.05) is 0 Å². The zero-order valence-corrected chi connectivity index (χ0v) is 17.3. The molecule has 0 saturated heterocycles. The van der Waals surface area contributed by atoms with E-state index in [0.29, 0.717) is 29.0 Å². The van der Waals surface area contributed by atoms with Crippen molar-refractivity contribution in [2.24, 2.45) is 0 Å². The molecule has 1 aromatic heterocycles. The highest BCUT2D eigenvalue weighted by Crippen LogP contribution is 2.30. The van der Waals surface area contributed by atoms with Crippen LogP contribution in [0.1, 0.15) is 45.0 Å². The quantitative estimate of drug-likeness (QED) is 0.587. The molecule has 2 aromatic carbocycles. The summed E-state index contributed by atoms with van der Waals surface area (Å²) in [7, 11) is 0. The summed E-state index contributed by atoms with van der Waals surface area (Å²) >= 11 is -1.26. The first-order valence-corrected chi connectivity index (χ1v) is 10.3. The van der Waals surface area contributed by atoms with E-state index >= 15 is 0 Å². The van der Waals surface area contributed by atoms with E-state index in [1.807, 2.05) is 58.0 Å². The average Bonchev–Trinajstić information content (AvgIpc) is 2.65. The maximum Gasteiger partial charge on any atom is 0.143 e. The maximum absolute atomic E-state index is 13.7. The smallest absolute Gasteiger partial charge is 0.143 e. The lowest BCUT2D eigenvalue weighted by molar-refractivity contribution is 0.299. The van der Waals surface area contributed by atoms with Crippen LogP contribution >= 0.6 is 0 Å². The number of aromatic nitrogens is 1. The van der Waals surface area contributed by atoms with Gasteiger partial charge in [0.25, 0.3) is 0 Å². The van der Waals surface area contributed by atoms with E-state index in [1.54, 1.807) is 12.1 Å². The van der Waals surface area contributed by atoms with E-state index < -0.39 is 16.1 Å². The molecule has 0 spiro atoms. The van der Waals surface area contributed by atoms with Crippen LogP contribution in [0.3, 0.4) is 0 Å². The van der Waals surface area contributed by atoms with Gasteiger partial charge in [0.15, 0.2) is 0 Å². The van der Waals surface area contributed by atoms with Gasteiger partial charge in [0, 0.05) is 16.7 Å². The molecule has 0 aliphatic heterocycles. The van der Waals surface area contributed by atoms with E-state index in [2.05, 4.69) is 9.71 Å². The van der Waals surface area contributed by atoms with Crippen LogP contribution in [-0.2, 0) is 18.0 Å². The van der Waals surface area contributed by atoms with Crippen LogP contribution in [0, 0.1) is 5.82 Å². The van der Waals surface area contributed by atoms with Crippen molar-refractivity contribution in [3.8, 4) is 5.75 Å². The highest BCUT2D eigenvalue weighted by Gasteiger charge is 2.30. The predicted octanol–water partition coefficient (Wildman–Crippen LogP) is 5.07. The number of nitrogens with one attached hydrogen (secondary N) is 1. The van der Waals surface area contributed by atoms with Crippen molar-refractivity contribution >= 4 is 22.3 Å². The predicted molar refractivity (Wildman–Crippen MR) is 112 cm³/mol. The molecule has 28 heavy (non-hydrogen) atoms. The Morgan fingerprint density at radius 1 is 1.14 bits per heavy atom. The van der Waals surface area contributed by atoms with Gasteiger partial charge in [-0.25, -0.2) is 9.37 Å².